The average molecular weight is 251 g/mol. The summed E-state index contributed by atoms with van der Waals surface area (Å²) in [7, 11) is 0. The van der Waals surface area contributed by atoms with Gasteiger partial charge in [-0.05, 0) is 12.5 Å². The maximum Gasteiger partial charge on any atom is 0.133 e. The van der Waals surface area contributed by atoms with Gasteiger partial charge in [-0.1, -0.05) is 27.5 Å². The lowest BCUT2D eigenvalue weighted by Gasteiger charge is -1.96. The Hall–Kier alpha value is 0.270. The van der Waals surface area contributed by atoms with Gasteiger partial charge >= 0.3 is 0 Å². The molecule has 1 aromatic rings. The molecule has 1 unspecified atom stereocenters. The van der Waals surface area contributed by atoms with Crippen molar-refractivity contribution < 1.29 is 0 Å². The fraction of sp³-hybridized carbons (Fsp3) is 0.286. The second-order valence-electron chi connectivity index (χ2n) is 2.31. The van der Waals surface area contributed by atoms with Gasteiger partial charge < -0.3 is 0 Å². The Morgan fingerprint density at radius 2 is 2.55 bits per heavy atom. The molecule has 1 aliphatic heterocycles. The SMILES string of the molecule is Clc1nccc2c1CC(Br)S2. The minimum atomic E-state index is 0.471. The van der Waals surface area contributed by atoms with Crippen molar-refractivity contribution in [2.75, 3.05) is 0 Å². The number of aromatic nitrogens is 1. The summed E-state index contributed by atoms with van der Waals surface area (Å²) in [6, 6.07) is 2.01. The molecule has 1 aliphatic rings. The number of fused-ring (bicyclic) bond motifs is 1. The van der Waals surface area contributed by atoms with Crippen LogP contribution >= 0.6 is 39.3 Å². The van der Waals surface area contributed by atoms with Crippen molar-refractivity contribution in [1.82, 2.24) is 4.98 Å². The van der Waals surface area contributed by atoms with Crippen molar-refractivity contribution in [1.29, 1.82) is 0 Å². The zero-order chi connectivity index (χ0) is 7.84. The topological polar surface area (TPSA) is 12.9 Å². The van der Waals surface area contributed by atoms with E-state index in [9.17, 15) is 0 Å². The molecule has 1 nitrogen and oxygen atoms in total. The summed E-state index contributed by atoms with van der Waals surface area (Å²) < 4.78 is 0.471. The molecule has 0 aromatic carbocycles. The zero-order valence-electron chi connectivity index (χ0n) is 5.55. The molecular weight excluding hydrogens is 246 g/mol. The quantitative estimate of drug-likeness (QED) is 0.518. The van der Waals surface area contributed by atoms with E-state index in [2.05, 4.69) is 20.9 Å². The minimum Gasteiger partial charge on any atom is -0.244 e. The lowest BCUT2D eigenvalue weighted by Crippen LogP contribution is -1.89. The second-order valence-corrected chi connectivity index (χ2v) is 5.62. The van der Waals surface area contributed by atoms with E-state index >= 15 is 0 Å². The van der Waals surface area contributed by atoms with Gasteiger partial charge in [0.25, 0.3) is 0 Å². The average Bonchev–Trinajstić information content (AvgIpc) is 2.31. The number of hydrogen-bond donors (Lipinski definition) is 0. The molecule has 1 aromatic heterocycles. The van der Waals surface area contributed by atoms with E-state index < -0.39 is 0 Å². The highest BCUT2D eigenvalue weighted by molar-refractivity contribution is 9.11. The highest BCUT2D eigenvalue weighted by atomic mass is 79.9. The fourth-order valence-corrected chi connectivity index (χ4v) is 3.29. The van der Waals surface area contributed by atoms with Gasteiger partial charge in [-0.2, -0.15) is 0 Å². The van der Waals surface area contributed by atoms with Crippen LogP contribution in [0.1, 0.15) is 5.56 Å². The highest BCUT2D eigenvalue weighted by Crippen LogP contribution is 2.41. The fourth-order valence-electron chi connectivity index (χ4n) is 1.09. The molecule has 0 saturated carbocycles. The summed E-state index contributed by atoms with van der Waals surface area (Å²) in [4.78, 5) is 5.27. The van der Waals surface area contributed by atoms with Gasteiger partial charge in [-0.25, -0.2) is 4.98 Å². The standard InChI is InChI=1S/C7H5BrClNS/c8-6-3-4-5(11-6)1-2-10-7(4)9/h1-2,6H,3H2. The van der Waals surface area contributed by atoms with Crippen molar-refractivity contribution >= 4 is 39.3 Å². The third-order valence-corrected chi connectivity index (χ3v) is 3.85. The molecule has 0 aliphatic carbocycles. The predicted octanol–water partition coefficient (Wildman–Crippen LogP) is 3.10. The molecule has 58 valence electrons. The Kier molecular flexibility index (Phi) is 2.12. The molecule has 0 spiro atoms. The van der Waals surface area contributed by atoms with Crippen LogP contribution in [0, 0.1) is 0 Å². The summed E-state index contributed by atoms with van der Waals surface area (Å²) in [5.41, 5.74) is 1.18. The van der Waals surface area contributed by atoms with Gasteiger partial charge in [0.2, 0.25) is 0 Å². The number of nitrogens with zero attached hydrogens (tertiary/aromatic N) is 1. The number of halogens is 2. The molecule has 0 fully saturated rings. The van der Waals surface area contributed by atoms with Crippen LogP contribution in [0.15, 0.2) is 17.2 Å². The first-order valence-electron chi connectivity index (χ1n) is 3.21. The van der Waals surface area contributed by atoms with Gasteiger partial charge in [0.15, 0.2) is 0 Å². The first-order valence-corrected chi connectivity index (χ1v) is 5.39. The molecule has 2 heterocycles. The first-order chi connectivity index (χ1) is 5.27. The van der Waals surface area contributed by atoms with Crippen molar-refractivity contribution in [2.45, 2.75) is 15.5 Å². The van der Waals surface area contributed by atoms with E-state index in [4.69, 9.17) is 11.6 Å². The maximum atomic E-state index is 5.89. The Balaban J connectivity index is 2.49. The van der Waals surface area contributed by atoms with Crippen LogP contribution in [-0.4, -0.2) is 9.14 Å². The van der Waals surface area contributed by atoms with Crippen molar-refractivity contribution in [3.63, 3.8) is 0 Å². The van der Waals surface area contributed by atoms with Gasteiger partial charge in [0.05, 0.1) is 4.16 Å². The smallest absolute Gasteiger partial charge is 0.133 e. The van der Waals surface area contributed by atoms with Crippen molar-refractivity contribution in [3.05, 3.63) is 23.0 Å². The molecular formula is C7H5BrClNS. The molecule has 0 radical (unpaired) electrons. The van der Waals surface area contributed by atoms with E-state index in [1.807, 2.05) is 6.07 Å². The number of thioether (sulfide) groups is 1. The van der Waals surface area contributed by atoms with Crippen LogP contribution < -0.4 is 0 Å². The van der Waals surface area contributed by atoms with E-state index in [1.165, 1.54) is 10.5 Å². The summed E-state index contributed by atoms with van der Waals surface area (Å²) >= 11 is 11.2. The first kappa shape index (κ1) is 7.90. The van der Waals surface area contributed by atoms with E-state index in [1.54, 1.807) is 18.0 Å². The molecule has 4 heteroatoms. The van der Waals surface area contributed by atoms with E-state index in [0.717, 1.165) is 6.42 Å². The Morgan fingerprint density at radius 1 is 1.73 bits per heavy atom. The summed E-state index contributed by atoms with van der Waals surface area (Å²) in [6.07, 6.45) is 2.73. The normalized spacial score (nSPS) is 21.8. The Labute approximate surface area is 82.7 Å². The molecule has 11 heavy (non-hydrogen) atoms. The molecule has 0 amide bonds. The maximum absolute atomic E-state index is 5.89. The lowest BCUT2D eigenvalue weighted by molar-refractivity contribution is 1.08. The van der Waals surface area contributed by atoms with E-state index in [0.29, 0.717) is 9.31 Å². The monoisotopic (exact) mass is 249 g/mol. The van der Waals surface area contributed by atoms with Crippen molar-refractivity contribution in [2.24, 2.45) is 0 Å². The molecule has 0 saturated heterocycles. The van der Waals surface area contributed by atoms with Crippen LogP contribution in [0.3, 0.4) is 0 Å². The predicted molar refractivity (Wildman–Crippen MR) is 51.5 cm³/mol. The zero-order valence-corrected chi connectivity index (χ0v) is 8.71. The summed E-state index contributed by atoms with van der Waals surface area (Å²) in [5, 5.41) is 0.650. The Morgan fingerprint density at radius 3 is 3.27 bits per heavy atom. The van der Waals surface area contributed by atoms with Crippen LogP contribution in [0.25, 0.3) is 0 Å². The Bertz CT molecular complexity index is 292. The summed E-state index contributed by atoms with van der Waals surface area (Å²) in [6.45, 7) is 0. The number of pyridine rings is 1. The van der Waals surface area contributed by atoms with Crippen LogP contribution in [0.2, 0.25) is 5.15 Å². The van der Waals surface area contributed by atoms with E-state index in [-0.39, 0.29) is 0 Å². The second kappa shape index (κ2) is 2.96. The van der Waals surface area contributed by atoms with Gasteiger partial charge in [-0.3, -0.25) is 0 Å². The molecule has 0 N–H and O–H groups in total. The van der Waals surface area contributed by atoms with Gasteiger partial charge in [0, 0.05) is 16.7 Å². The van der Waals surface area contributed by atoms with Gasteiger partial charge in [0.1, 0.15) is 5.15 Å². The van der Waals surface area contributed by atoms with Gasteiger partial charge in [-0.15, -0.1) is 11.8 Å². The number of rotatable bonds is 0. The van der Waals surface area contributed by atoms with Crippen LogP contribution in [0.4, 0.5) is 0 Å². The summed E-state index contributed by atoms with van der Waals surface area (Å²) in [5.74, 6) is 0. The largest absolute Gasteiger partial charge is 0.244 e. The number of alkyl halides is 1. The van der Waals surface area contributed by atoms with Crippen LogP contribution in [-0.2, 0) is 6.42 Å². The third kappa shape index (κ3) is 1.42. The lowest BCUT2D eigenvalue weighted by atomic mass is 10.2. The molecule has 0 bridgehead atoms. The third-order valence-electron chi connectivity index (χ3n) is 1.58. The molecule has 2 rings (SSSR count). The van der Waals surface area contributed by atoms with Crippen LogP contribution in [0.5, 0.6) is 0 Å². The number of hydrogen-bond acceptors (Lipinski definition) is 2. The highest BCUT2D eigenvalue weighted by Gasteiger charge is 2.22. The minimum absolute atomic E-state index is 0.471. The van der Waals surface area contributed by atoms with Crippen molar-refractivity contribution in [3.8, 4) is 0 Å². The molecule has 1 atom stereocenters.